The molecule has 0 heterocycles. The zero-order valence-electron chi connectivity index (χ0n) is 10.5. The van der Waals surface area contributed by atoms with Gasteiger partial charge in [-0.1, -0.05) is 37.8 Å². The van der Waals surface area contributed by atoms with Gasteiger partial charge in [0.2, 0.25) is 0 Å². The van der Waals surface area contributed by atoms with E-state index in [0.717, 1.165) is 5.56 Å². The first-order valence-corrected chi connectivity index (χ1v) is 7.67. The van der Waals surface area contributed by atoms with Gasteiger partial charge in [-0.15, -0.1) is 0 Å². The SMILES string of the molecule is CC(O)(c1ccc(I)cc1)C1CCCCCC1. The highest BCUT2D eigenvalue weighted by atomic mass is 127. The molecule has 2 heteroatoms. The van der Waals surface area contributed by atoms with Crippen molar-refractivity contribution in [3.8, 4) is 0 Å². The minimum atomic E-state index is -0.658. The van der Waals surface area contributed by atoms with Crippen LogP contribution in [0.25, 0.3) is 0 Å². The Morgan fingerprint density at radius 2 is 1.59 bits per heavy atom. The average Bonchev–Trinajstić information content (AvgIpc) is 2.58. The molecule has 1 unspecified atom stereocenters. The molecule has 0 bridgehead atoms. The molecular formula is C15H21IO. The molecule has 0 amide bonds. The Labute approximate surface area is 118 Å². The molecule has 1 saturated carbocycles. The maximum atomic E-state index is 10.8. The summed E-state index contributed by atoms with van der Waals surface area (Å²) in [4.78, 5) is 0. The van der Waals surface area contributed by atoms with E-state index in [0.29, 0.717) is 5.92 Å². The predicted octanol–water partition coefficient (Wildman–Crippen LogP) is 4.47. The number of halogens is 1. The fraction of sp³-hybridized carbons (Fsp3) is 0.600. The van der Waals surface area contributed by atoms with Crippen molar-refractivity contribution in [2.24, 2.45) is 5.92 Å². The summed E-state index contributed by atoms with van der Waals surface area (Å²) in [7, 11) is 0. The molecule has 1 aliphatic rings. The normalized spacial score (nSPS) is 21.8. The lowest BCUT2D eigenvalue weighted by atomic mass is 9.78. The highest BCUT2D eigenvalue weighted by Crippen LogP contribution is 2.38. The van der Waals surface area contributed by atoms with Crippen LogP contribution in [0.4, 0.5) is 0 Å². The largest absolute Gasteiger partial charge is 0.385 e. The topological polar surface area (TPSA) is 20.2 Å². The van der Waals surface area contributed by atoms with Crippen LogP contribution in [0.3, 0.4) is 0 Å². The van der Waals surface area contributed by atoms with Gasteiger partial charge in [-0.2, -0.15) is 0 Å². The van der Waals surface area contributed by atoms with Crippen molar-refractivity contribution in [1.82, 2.24) is 0 Å². The predicted molar refractivity (Wildman–Crippen MR) is 79.9 cm³/mol. The molecule has 0 aromatic heterocycles. The Kier molecular flexibility index (Phi) is 4.47. The Bertz CT molecular complexity index is 348. The van der Waals surface area contributed by atoms with Crippen LogP contribution in [0.5, 0.6) is 0 Å². The average molecular weight is 344 g/mol. The summed E-state index contributed by atoms with van der Waals surface area (Å²) in [6.07, 6.45) is 7.53. The quantitative estimate of drug-likeness (QED) is 0.620. The van der Waals surface area contributed by atoms with Gasteiger partial charge in [0, 0.05) is 3.57 Å². The smallest absolute Gasteiger partial charge is 0.0896 e. The summed E-state index contributed by atoms with van der Waals surface area (Å²) < 4.78 is 1.23. The van der Waals surface area contributed by atoms with Crippen molar-refractivity contribution in [2.75, 3.05) is 0 Å². The van der Waals surface area contributed by atoms with Crippen molar-refractivity contribution in [2.45, 2.75) is 51.0 Å². The second-order valence-electron chi connectivity index (χ2n) is 5.34. The molecule has 1 aliphatic carbocycles. The van der Waals surface area contributed by atoms with Crippen LogP contribution < -0.4 is 0 Å². The summed E-state index contributed by atoms with van der Waals surface area (Å²) in [6, 6.07) is 8.32. The minimum Gasteiger partial charge on any atom is -0.385 e. The molecule has 1 atom stereocenters. The van der Waals surface area contributed by atoms with E-state index < -0.39 is 5.60 Å². The second kappa shape index (κ2) is 5.70. The summed E-state index contributed by atoms with van der Waals surface area (Å²) >= 11 is 2.30. The van der Waals surface area contributed by atoms with Gasteiger partial charge < -0.3 is 5.11 Å². The Balaban J connectivity index is 2.18. The maximum absolute atomic E-state index is 10.8. The molecule has 2 rings (SSSR count). The first-order valence-electron chi connectivity index (χ1n) is 6.59. The second-order valence-corrected chi connectivity index (χ2v) is 6.59. The van der Waals surface area contributed by atoms with Crippen molar-refractivity contribution >= 4 is 22.6 Å². The molecular weight excluding hydrogens is 323 g/mol. The minimum absolute atomic E-state index is 0.421. The molecule has 1 nitrogen and oxygen atoms in total. The summed E-state index contributed by atoms with van der Waals surface area (Å²) in [5, 5.41) is 10.8. The van der Waals surface area contributed by atoms with E-state index in [4.69, 9.17) is 0 Å². The van der Waals surface area contributed by atoms with Crippen LogP contribution in [0.2, 0.25) is 0 Å². The molecule has 1 aromatic rings. The first-order chi connectivity index (χ1) is 8.10. The van der Waals surface area contributed by atoms with E-state index >= 15 is 0 Å². The molecule has 1 N–H and O–H groups in total. The number of rotatable bonds is 2. The number of benzene rings is 1. The van der Waals surface area contributed by atoms with Crippen LogP contribution in [0.15, 0.2) is 24.3 Å². The van der Waals surface area contributed by atoms with Gasteiger partial charge in [0.25, 0.3) is 0 Å². The molecule has 1 aromatic carbocycles. The van der Waals surface area contributed by atoms with Crippen molar-refractivity contribution < 1.29 is 5.11 Å². The lowest BCUT2D eigenvalue weighted by Crippen LogP contribution is -2.31. The van der Waals surface area contributed by atoms with Gasteiger partial charge >= 0.3 is 0 Å². The third-order valence-electron chi connectivity index (χ3n) is 4.08. The third-order valence-corrected chi connectivity index (χ3v) is 4.80. The van der Waals surface area contributed by atoms with Gasteiger partial charge in [0.05, 0.1) is 5.60 Å². The summed E-state index contributed by atoms with van der Waals surface area (Å²) in [6.45, 7) is 1.99. The fourth-order valence-corrected chi connectivity index (χ4v) is 3.22. The Morgan fingerprint density at radius 3 is 2.12 bits per heavy atom. The van der Waals surface area contributed by atoms with E-state index in [1.807, 2.05) is 6.92 Å². The Hall–Kier alpha value is -0.0900. The first kappa shape index (κ1) is 13.3. The van der Waals surface area contributed by atoms with Crippen LogP contribution in [-0.2, 0) is 5.60 Å². The van der Waals surface area contributed by atoms with E-state index in [-0.39, 0.29) is 0 Å². The molecule has 1 fully saturated rings. The zero-order chi connectivity index (χ0) is 12.3. The van der Waals surface area contributed by atoms with Gasteiger partial charge in [-0.3, -0.25) is 0 Å². The molecule has 17 heavy (non-hydrogen) atoms. The lowest BCUT2D eigenvalue weighted by molar-refractivity contribution is -0.0126. The van der Waals surface area contributed by atoms with Gasteiger partial charge in [-0.25, -0.2) is 0 Å². The van der Waals surface area contributed by atoms with Crippen LogP contribution in [-0.4, -0.2) is 5.11 Å². The van der Waals surface area contributed by atoms with Crippen molar-refractivity contribution in [3.63, 3.8) is 0 Å². The number of aliphatic hydroxyl groups is 1. The monoisotopic (exact) mass is 344 g/mol. The van der Waals surface area contributed by atoms with Crippen molar-refractivity contribution in [3.05, 3.63) is 33.4 Å². The molecule has 0 radical (unpaired) electrons. The van der Waals surface area contributed by atoms with E-state index in [1.165, 1.54) is 42.1 Å². The highest BCUT2D eigenvalue weighted by Gasteiger charge is 2.33. The standard InChI is InChI=1S/C15H21IO/c1-15(17,12-6-4-2-3-5-7-12)13-8-10-14(16)11-9-13/h8-12,17H,2-7H2,1H3. The Morgan fingerprint density at radius 1 is 1.06 bits per heavy atom. The third kappa shape index (κ3) is 3.22. The van der Waals surface area contributed by atoms with Crippen LogP contribution >= 0.6 is 22.6 Å². The van der Waals surface area contributed by atoms with Gasteiger partial charge in [-0.05, 0) is 66.0 Å². The van der Waals surface area contributed by atoms with E-state index in [9.17, 15) is 5.11 Å². The molecule has 0 aliphatic heterocycles. The summed E-state index contributed by atoms with van der Waals surface area (Å²) in [5.41, 5.74) is 0.416. The maximum Gasteiger partial charge on any atom is 0.0896 e. The molecule has 94 valence electrons. The van der Waals surface area contributed by atoms with E-state index in [2.05, 4.69) is 46.9 Å². The number of hydrogen-bond donors (Lipinski definition) is 1. The summed E-state index contributed by atoms with van der Waals surface area (Å²) in [5.74, 6) is 0.421. The van der Waals surface area contributed by atoms with Crippen molar-refractivity contribution in [1.29, 1.82) is 0 Å². The van der Waals surface area contributed by atoms with Gasteiger partial charge in [0.1, 0.15) is 0 Å². The molecule has 0 spiro atoms. The van der Waals surface area contributed by atoms with Gasteiger partial charge in [0.15, 0.2) is 0 Å². The highest BCUT2D eigenvalue weighted by molar-refractivity contribution is 14.1. The zero-order valence-corrected chi connectivity index (χ0v) is 12.6. The van der Waals surface area contributed by atoms with Crippen LogP contribution in [0, 0.1) is 9.49 Å². The number of hydrogen-bond acceptors (Lipinski definition) is 1. The van der Waals surface area contributed by atoms with Crippen LogP contribution in [0.1, 0.15) is 51.0 Å². The molecule has 0 saturated heterocycles. The fourth-order valence-electron chi connectivity index (χ4n) is 2.86. The van der Waals surface area contributed by atoms with E-state index in [1.54, 1.807) is 0 Å². The lowest BCUT2D eigenvalue weighted by Gasteiger charge is -2.33.